The topological polar surface area (TPSA) is 91.8 Å². The second-order valence-corrected chi connectivity index (χ2v) is 15.1. The number of hydrogen-bond acceptors (Lipinski definition) is 5. The number of pyridine rings is 1. The van der Waals surface area contributed by atoms with E-state index < -0.39 is 92.9 Å². The summed E-state index contributed by atoms with van der Waals surface area (Å²) < 4.78 is 115. The van der Waals surface area contributed by atoms with Crippen LogP contribution in [0.2, 0.25) is 0 Å². The Bertz CT molecular complexity index is 1490. The van der Waals surface area contributed by atoms with E-state index in [1.807, 2.05) is 0 Å². The standard InChI is InChI=1S/C29H34F8N4O4S/c1-17-16-40(27(44)45-28(2,3)4)23(17)26(43)41(21-5-7-22(8-6-21)46(33,34,35,36)37)24(18-13-19(30)15-38-14-18)25(42)39-20-9-11-29(31,32)12-10-20/h5-8,13-15,17,20,23-24H,9-12,16H2,1-4H3,(H,39,42)/t17-,23-,24?/m1/s1. The molecule has 1 saturated carbocycles. The molecule has 1 saturated heterocycles. The highest BCUT2D eigenvalue weighted by molar-refractivity contribution is 8.45. The maximum atomic E-state index is 14.4. The van der Waals surface area contributed by atoms with Gasteiger partial charge in [0.25, 0.3) is 5.91 Å². The number of hydrogen-bond donors (Lipinski definition) is 1. The van der Waals surface area contributed by atoms with E-state index in [1.54, 1.807) is 27.7 Å². The Morgan fingerprint density at radius 2 is 1.63 bits per heavy atom. The number of halogens is 8. The molecule has 0 spiro atoms. The number of benzene rings is 1. The molecular formula is C29H34F8N4O4S. The minimum Gasteiger partial charge on any atom is -0.444 e. The maximum Gasteiger partial charge on any atom is 0.410 e. The van der Waals surface area contributed by atoms with Crippen LogP contribution in [-0.4, -0.2) is 57.9 Å². The number of ether oxygens (including phenoxy) is 1. The predicted molar refractivity (Wildman–Crippen MR) is 153 cm³/mol. The molecular weight excluding hydrogens is 652 g/mol. The molecule has 1 aromatic heterocycles. The van der Waals surface area contributed by atoms with Crippen molar-refractivity contribution < 1.29 is 51.7 Å². The number of amides is 3. The first-order chi connectivity index (χ1) is 20.8. The van der Waals surface area contributed by atoms with Crippen LogP contribution in [-0.2, 0) is 14.3 Å². The highest BCUT2D eigenvalue weighted by atomic mass is 32.5. The number of aromatic nitrogens is 1. The largest absolute Gasteiger partial charge is 0.444 e. The molecule has 3 amide bonds. The molecule has 1 aliphatic heterocycles. The quantitative estimate of drug-likeness (QED) is 0.299. The van der Waals surface area contributed by atoms with Crippen LogP contribution >= 0.6 is 10.2 Å². The van der Waals surface area contributed by atoms with E-state index in [-0.39, 0.29) is 37.1 Å². The van der Waals surface area contributed by atoms with Gasteiger partial charge in [0.2, 0.25) is 11.8 Å². The zero-order valence-corrected chi connectivity index (χ0v) is 26.1. The highest BCUT2D eigenvalue weighted by Crippen LogP contribution is 3.02. The van der Waals surface area contributed by atoms with Crippen LogP contribution in [0.1, 0.15) is 65.0 Å². The van der Waals surface area contributed by atoms with Crippen molar-refractivity contribution in [1.29, 1.82) is 0 Å². The molecule has 256 valence electrons. The van der Waals surface area contributed by atoms with Crippen LogP contribution in [0, 0.1) is 11.7 Å². The number of nitrogens with one attached hydrogen (secondary N) is 1. The van der Waals surface area contributed by atoms with E-state index in [4.69, 9.17) is 4.74 Å². The van der Waals surface area contributed by atoms with Crippen LogP contribution in [0.25, 0.3) is 0 Å². The summed E-state index contributed by atoms with van der Waals surface area (Å²) in [5.74, 6) is -6.52. The molecule has 1 unspecified atom stereocenters. The number of nitrogens with zero attached hydrogens (tertiary/aromatic N) is 3. The van der Waals surface area contributed by atoms with Crippen LogP contribution in [0.4, 0.5) is 43.1 Å². The molecule has 17 heteroatoms. The second-order valence-electron chi connectivity index (χ2n) is 12.7. The SMILES string of the molecule is C[C@@H]1CN(C(=O)OC(C)(C)C)[C@H]1C(=O)N(c1ccc(S(F)(F)(F)(F)F)cc1)C(C(=O)NC1CCC(F)(F)CC1)c1cncc(F)c1. The third-order valence-corrected chi connectivity index (χ3v) is 8.81. The Morgan fingerprint density at radius 1 is 1.04 bits per heavy atom. The van der Waals surface area contributed by atoms with Gasteiger partial charge in [0.05, 0.1) is 6.20 Å². The molecule has 3 atom stereocenters. The van der Waals surface area contributed by atoms with Gasteiger partial charge in [0.15, 0.2) is 0 Å². The lowest BCUT2D eigenvalue weighted by Crippen LogP contribution is -2.66. The van der Waals surface area contributed by atoms with Crippen LogP contribution < -0.4 is 10.2 Å². The van der Waals surface area contributed by atoms with E-state index in [2.05, 4.69) is 10.3 Å². The van der Waals surface area contributed by atoms with Gasteiger partial charge in [-0.05, 0) is 63.9 Å². The average Bonchev–Trinajstić information content (AvgIpc) is 2.89. The van der Waals surface area contributed by atoms with E-state index in [9.17, 15) is 47.0 Å². The zero-order chi connectivity index (χ0) is 34.5. The molecule has 46 heavy (non-hydrogen) atoms. The lowest BCUT2D eigenvalue weighted by atomic mass is 9.88. The Labute approximate surface area is 260 Å². The minimum absolute atomic E-state index is 0.0248. The normalized spacial score (nSPS) is 22.5. The van der Waals surface area contributed by atoms with Crippen molar-refractivity contribution >= 4 is 33.8 Å². The molecule has 2 fully saturated rings. The Balaban J connectivity index is 1.82. The van der Waals surface area contributed by atoms with Crippen LogP contribution in [0.5, 0.6) is 0 Å². The van der Waals surface area contributed by atoms with E-state index >= 15 is 0 Å². The summed E-state index contributed by atoms with van der Waals surface area (Å²) in [6.07, 6.45) is -0.495. The fourth-order valence-electron chi connectivity index (χ4n) is 5.45. The fraction of sp³-hybridized carbons (Fsp3) is 0.517. The second kappa shape index (κ2) is 11.3. The van der Waals surface area contributed by atoms with Gasteiger partial charge in [-0.1, -0.05) is 26.4 Å². The lowest BCUT2D eigenvalue weighted by Gasteiger charge is -2.48. The molecule has 1 aromatic carbocycles. The first kappa shape index (κ1) is 35.2. The molecule has 2 heterocycles. The number of anilines is 1. The van der Waals surface area contributed by atoms with Gasteiger partial charge in [-0.2, -0.15) is 0 Å². The first-order valence-corrected chi connectivity index (χ1v) is 16.3. The summed E-state index contributed by atoms with van der Waals surface area (Å²) >= 11 is 0. The Morgan fingerprint density at radius 3 is 2.13 bits per heavy atom. The summed E-state index contributed by atoms with van der Waals surface area (Å²) in [5.41, 5.74) is -1.71. The first-order valence-electron chi connectivity index (χ1n) is 14.3. The van der Waals surface area contributed by atoms with Gasteiger partial charge in [0, 0.05) is 48.8 Å². The van der Waals surface area contributed by atoms with Gasteiger partial charge in [-0.25, -0.2) is 18.0 Å². The van der Waals surface area contributed by atoms with Crippen LogP contribution in [0.15, 0.2) is 47.6 Å². The Hall–Kier alpha value is -3.63. The van der Waals surface area contributed by atoms with Gasteiger partial charge in [-0.15, -0.1) is 0 Å². The number of carbonyl (C=O) groups is 3. The van der Waals surface area contributed by atoms with Gasteiger partial charge >= 0.3 is 16.3 Å². The van der Waals surface area contributed by atoms with Gasteiger partial charge in [-0.3, -0.25) is 24.4 Å². The van der Waals surface area contributed by atoms with Crippen molar-refractivity contribution in [3.63, 3.8) is 0 Å². The van der Waals surface area contributed by atoms with Gasteiger partial charge in [0.1, 0.15) is 28.4 Å². The molecule has 1 N–H and O–H groups in total. The van der Waals surface area contributed by atoms with Crippen molar-refractivity contribution in [3.8, 4) is 0 Å². The summed E-state index contributed by atoms with van der Waals surface area (Å²) in [5, 5.41) is 2.56. The third-order valence-electron chi connectivity index (χ3n) is 7.65. The fourth-order valence-corrected chi connectivity index (χ4v) is 6.10. The molecule has 0 bridgehead atoms. The monoisotopic (exact) mass is 686 g/mol. The summed E-state index contributed by atoms with van der Waals surface area (Å²) in [6, 6.07) is -1.96. The van der Waals surface area contributed by atoms with E-state index in [1.165, 1.54) is 0 Å². The number of carbonyl (C=O) groups excluding carboxylic acids is 3. The zero-order valence-electron chi connectivity index (χ0n) is 25.3. The van der Waals surface area contributed by atoms with Crippen molar-refractivity contribution in [2.24, 2.45) is 5.92 Å². The van der Waals surface area contributed by atoms with Crippen molar-refractivity contribution in [1.82, 2.24) is 15.2 Å². The lowest BCUT2D eigenvalue weighted by molar-refractivity contribution is -0.135. The molecule has 2 aromatic rings. The Kier molecular flexibility index (Phi) is 8.63. The summed E-state index contributed by atoms with van der Waals surface area (Å²) in [6.45, 7) is 6.35. The van der Waals surface area contributed by atoms with E-state index in [0.29, 0.717) is 17.0 Å². The smallest absolute Gasteiger partial charge is 0.410 e. The molecule has 8 nitrogen and oxygen atoms in total. The average molecular weight is 687 g/mol. The molecule has 2 aliphatic rings. The van der Waals surface area contributed by atoms with Crippen molar-refractivity contribution in [2.45, 2.75) is 87.9 Å². The van der Waals surface area contributed by atoms with Crippen molar-refractivity contribution in [2.75, 3.05) is 11.4 Å². The third kappa shape index (κ3) is 8.20. The number of likely N-dealkylation sites (tertiary alicyclic amines) is 1. The van der Waals surface area contributed by atoms with Crippen molar-refractivity contribution in [3.05, 3.63) is 54.1 Å². The number of rotatable bonds is 7. The molecule has 4 rings (SSSR count). The molecule has 1 aliphatic carbocycles. The van der Waals surface area contributed by atoms with E-state index in [0.717, 1.165) is 23.4 Å². The summed E-state index contributed by atoms with van der Waals surface area (Å²) in [4.78, 5) is 44.3. The molecule has 0 radical (unpaired) electrons. The minimum atomic E-state index is -10.2. The maximum absolute atomic E-state index is 14.4. The number of alkyl halides is 2. The van der Waals surface area contributed by atoms with Crippen LogP contribution in [0.3, 0.4) is 0 Å². The van der Waals surface area contributed by atoms with Gasteiger partial charge < -0.3 is 10.1 Å². The predicted octanol–water partition coefficient (Wildman–Crippen LogP) is 7.90. The highest BCUT2D eigenvalue weighted by Gasteiger charge is 2.65. The summed E-state index contributed by atoms with van der Waals surface area (Å²) in [7, 11) is -10.2.